The maximum atomic E-state index is 6.04. The lowest BCUT2D eigenvalue weighted by Crippen LogP contribution is -2.38. The van der Waals surface area contributed by atoms with Crippen molar-refractivity contribution in [2.45, 2.75) is 39.3 Å². The van der Waals surface area contributed by atoms with E-state index in [0.717, 1.165) is 12.1 Å². The number of ether oxygens (including phenoxy) is 1. The first-order valence-corrected chi connectivity index (χ1v) is 6.90. The molecule has 1 aromatic rings. The van der Waals surface area contributed by atoms with E-state index in [0.29, 0.717) is 16.7 Å². The lowest BCUT2D eigenvalue weighted by molar-refractivity contribution is 0.0769. The maximum Gasteiger partial charge on any atom is 0.0595 e. The summed E-state index contributed by atoms with van der Waals surface area (Å²) in [6.07, 6.45) is 0.264. The maximum absolute atomic E-state index is 6.04. The van der Waals surface area contributed by atoms with Gasteiger partial charge in [-0.05, 0) is 45.4 Å². The molecule has 0 saturated carbocycles. The Hall–Kier alpha value is -0.280. The Morgan fingerprint density at radius 1 is 1.22 bits per heavy atom. The molecule has 1 aromatic carbocycles. The molecular formula is C14H21Cl2NO. The van der Waals surface area contributed by atoms with Crippen LogP contribution in [0.15, 0.2) is 18.2 Å². The van der Waals surface area contributed by atoms with Crippen molar-refractivity contribution in [2.24, 2.45) is 0 Å². The molecule has 0 spiro atoms. The molecule has 0 bridgehead atoms. The Labute approximate surface area is 120 Å². The number of benzene rings is 1. The summed E-state index contributed by atoms with van der Waals surface area (Å²) in [5.41, 5.74) is 0.954. The molecule has 0 aliphatic heterocycles. The van der Waals surface area contributed by atoms with E-state index >= 15 is 0 Å². The fourth-order valence-electron chi connectivity index (χ4n) is 1.65. The molecule has 0 aliphatic carbocycles. The molecule has 102 valence electrons. The van der Waals surface area contributed by atoms with Crippen molar-refractivity contribution in [3.05, 3.63) is 33.8 Å². The first-order chi connectivity index (χ1) is 8.33. The molecule has 0 saturated heterocycles. The van der Waals surface area contributed by atoms with Crippen LogP contribution in [0.25, 0.3) is 0 Å². The third-order valence-electron chi connectivity index (χ3n) is 2.76. The molecule has 18 heavy (non-hydrogen) atoms. The predicted molar refractivity (Wildman–Crippen MR) is 78.6 cm³/mol. The topological polar surface area (TPSA) is 21.3 Å². The van der Waals surface area contributed by atoms with Crippen LogP contribution >= 0.6 is 23.2 Å². The van der Waals surface area contributed by atoms with E-state index in [1.54, 1.807) is 0 Å². The summed E-state index contributed by atoms with van der Waals surface area (Å²) < 4.78 is 5.51. The summed E-state index contributed by atoms with van der Waals surface area (Å²) in [6.45, 7) is 9.78. The Bertz CT molecular complexity index is 391. The zero-order valence-electron chi connectivity index (χ0n) is 11.4. The third-order valence-corrected chi connectivity index (χ3v) is 3.50. The summed E-state index contributed by atoms with van der Waals surface area (Å²) in [4.78, 5) is 0. The first kappa shape index (κ1) is 15.8. The van der Waals surface area contributed by atoms with E-state index in [-0.39, 0.29) is 11.6 Å². The third kappa shape index (κ3) is 4.77. The van der Waals surface area contributed by atoms with Gasteiger partial charge in [-0.15, -0.1) is 0 Å². The molecule has 2 nitrogen and oxygen atoms in total. The summed E-state index contributed by atoms with van der Waals surface area (Å²) in [5, 5.41) is 4.62. The van der Waals surface area contributed by atoms with Gasteiger partial charge in [-0.3, -0.25) is 0 Å². The van der Waals surface area contributed by atoms with Crippen molar-refractivity contribution in [1.82, 2.24) is 5.32 Å². The number of halogens is 2. The van der Waals surface area contributed by atoms with Crippen molar-refractivity contribution in [1.29, 1.82) is 0 Å². The summed E-state index contributed by atoms with van der Waals surface area (Å²) in [7, 11) is 0. The zero-order valence-corrected chi connectivity index (χ0v) is 12.9. The molecule has 0 radical (unpaired) electrons. The highest BCUT2D eigenvalue weighted by Crippen LogP contribution is 2.28. The second kappa shape index (κ2) is 6.76. The van der Waals surface area contributed by atoms with Gasteiger partial charge in [0.25, 0.3) is 0 Å². The molecule has 1 N–H and O–H groups in total. The molecule has 0 unspecified atom stereocenters. The summed E-state index contributed by atoms with van der Waals surface area (Å²) in [5.74, 6) is 0. The van der Waals surface area contributed by atoms with Gasteiger partial charge in [0.1, 0.15) is 0 Å². The molecule has 1 rings (SSSR count). The van der Waals surface area contributed by atoms with Gasteiger partial charge in [0.2, 0.25) is 0 Å². The van der Waals surface area contributed by atoms with Crippen LogP contribution in [0.2, 0.25) is 10.0 Å². The van der Waals surface area contributed by atoms with E-state index in [1.807, 2.05) is 32.0 Å². The fourth-order valence-corrected chi connectivity index (χ4v) is 1.94. The predicted octanol–water partition coefficient (Wildman–Crippen LogP) is 4.24. The minimum Gasteiger partial charge on any atom is -0.377 e. The van der Waals surface area contributed by atoms with Crippen LogP contribution in [-0.4, -0.2) is 19.3 Å². The number of rotatable bonds is 6. The van der Waals surface area contributed by atoms with Gasteiger partial charge < -0.3 is 10.1 Å². The summed E-state index contributed by atoms with van der Waals surface area (Å²) >= 11 is 12.0. The second-order valence-electron chi connectivity index (χ2n) is 5.10. The van der Waals surface area contributed by atoms with Crippen molar-refractivity contribution < 1.29 is 4.74 Å². The lowest BCUT2D eigenvalue weighted by Gasteiger charge is -2.27. The molecule has 0 fully saturated rings. The van der Waals surface area contributed by atoms with Crippen molar-refractivity contribution >= 4 is 23.2 Å². The average Bonchev–Trinajstić information content (AvgIpc) is 2.28. The minimum atomic E-state index is -0.158. The van der Waals surface area contributed by atoms with Crippen molar-refractivity contribution in [3.63, 3.8) is 0 Å². The van der Waals surface area contributed by atoms with Gasteiger partial charge in [0.05, 0.1) is 22.8 Å². The van der Waals surface area contributed by atoms with Gasteiger partial charge >= 0.3 is 0 Å². The highest BCUT2D eigenvalue weighted by molar-refractivity contribution is 6.42. The fraction of sp³-hybridized carbons (Fsp3) is 0.571. The largest absolute Gasteiger partial charge is 0.377 e. The van der Waals surface area contributed by atoms with Crippen molar-refractivity contribution in [3.8, 4) is 0 Å². The van der Waals surface area contributed by atoms with Crippen LogP contribution in [0.5, 0.6) is 0 Å². The second-order valence-corrected chi connectivity index (χ2v) is 5.91. The molecular weight excluding hydrogens is 269 g/mol. The average molecular weight is 290 g/mol. The van der Waals surface area contributed by atoms with E-state index in [4.69, 9.17) is 27.9 Å². The van der Waals surface area contributed by atoms with Gasteiger partial charge in [0.15, 0.2) is 0 Å². The highest BCUT2D eigenvalue weighted by Gasteiger charge is 2.20. The van der Waals surface area contributed by atoms with Crippen molar-refractivity contribution in [2.75, 3.05) is 13.2 Å². The standard InChI is InChI=1S/C14H21Cl2NO/c1-10(2)18-8-7-17-14(3,4)11-5-6-12(15)13(16)9-11/h5-6,9-10,17H,7-8H2,1-4H3. The van der Waals surface area contributed by atoms with Crippen LogP contribution in [0, 0.1) is 0 Å². The Morgan fingerprint density at radius 2 is 1.89 bits per heavy atom. The highest BCUT2D eigenvalue weighted by atomic mass is 35.5. The molecule has 0 heterocycles. The van der Waals surface area contributed by atoms with Crippen LogP contribution in [0.1, 0.15) is 33.3 Å². The van der Waals surface area contributed by atoms with E-state index in [9.17, 15) is 0 Å². The molecule has 0 aromatic heterocycles. The normalized spacial score (nSPS) is 12.2. The van der Waals surface area contributed by atoms with E-state index < -0.39 is 0 Å². The van der Waals surface area contributed by atoms with Gasteiger partial charge in [-0.1, -0.05) is 29.3 Å². The molecule has 4 heteroatoms. The summed E-state index contributed by atoms with van der Waals surface area (Å²) in [6, 6.07) is 5.72. The zero-order chi connectivity index (χ0) is 13.8. The lowest BCUT2D eigenvalue weighted by atomic mass is 9.94. The van der Waals surface area contributed by atoms with E-state index in [2.05, 4.69) is 19.2 Å². The van der Waals surface area contributed by atoms with E-state index in [1.165, 1.54) is 0 Å². The Balaban J connectivity index is 2.59. The number of hydrogen-bond donors (Lipinski definition) is 1. The smallest absolute Gasteiger partial charge is 0.0595 e. The number of hydrogen-bond acceptors (Lipinski definition) is 2. The quantitative estimate of drug-likeness (QED) is 0.791. The monoisotopic (exact) mass is 289 g/mol. The van der Waals surface area contributed by atoms with Gasteiger partial charge in [-0.2, -0.15) is 0 Å². The van der Waals surface area contributed by atoms with Gasteiger partial charge in [0, 0.05) is 12.1 Å². The van der Waals surface area contributed by atoms with Gasteiger partial charge in [-0.25, -0.2) is 0 Å². The SMILES string of the molecule is CC(C)OCCNC(C)(C)c1ccc(Cl)c(Cl)c1. The Morgan fingerprint density at radius 3 is 2.44 bits per heavy atom. The molecule has 0 amide bonds. The Kier molecular flexibility index (Phi) is 5.93. The molecule has 0 aliphatic rings. The molecule has 0 atom stereocenters. The van der Waals surface area contributed by atoms with Crippen LogP contribution in [0.3, 0.4) is 0 Å². The van der Waals surface area contributed by atoms with Crippen LogP contribution in [0.4, 0.5) is 0 Å². The first-order valence-electron chi connectivity index (χ1n) is 6.15. The minimum absolute atomic E-state index is 0.158. The van der Waals surface area contributed by atoms with Crippen LogP contribution in [-0.2, 0) is 10.3 Å². The van der Waals surface area contributed by atoms with Crippen LogP contribution < -0.4 is 5.32 Å². The number of nitrogens with one attached hydrogen (secondary N) is 1.